The Hall–Kier alpha value is -1.26. The Labute approximate surface area is 115 Å². The number of benzene rings is 1. The van der Waals surface area contributed by atoms with Crippen molar-refractivity contribution in [3.8, 4) is 11.5 Å². The van der Waals surface area contributed by atoms with Gasteiger partial charge in [-0.05, 0) is 23.1 Å². The first-order valence-electron chi connectivity index (χ1n) is 6.35. The first kappa shape index (κ1) is 15.8. The number of nitrogens with two attached hydrogens (primary N) is 1. The maximum Gasteiger partial charge on any atom is 0.161 e. The molecular weight excluding hydrogens is 242 g/mol. The molecule has 0 heterocycles. The zero-order valence-electron chi connectivity index (χ0n) is 12.7. The van der Waals surface area contributed by atoms with Crippen molar-refractivity contribution in [1.29, 1.82) is 0 Å². The van der Waals surface area contributed by atoms with Gasteiger partial charge in [0.15, 0.2) is 11.5 Å². The quantitative estimate of drug-likeness (QED) is 0.891. The van der Waals surface area contributed by atoms with Crippen molar-refractivity contribution in [2.24, 2.45) is 11.1 Å². The normalized spacial score (nSPS) is 14.9. The van der Waals surface area contributed by atoms with E-state index in [1.165, 1.54) is 0 Å². The van der Waals surface area contributed by atoms with Crippen LogP contribution in [-0.4, -0.2) is 27.4 Å². The van der Waals surface area contributed by atoms with E-state index in [0.717, 1.165) is 5.56 Å². The fourth-order valence-corrected chi connectivity index (χ4v) is 2.27. The second-order valence-corrected chi connectivity index (χ2v) is 5.66. The molecular formula is C15H25NO3. The summed E-state index contributed by atoms with van der Waals surface area (Å²) < 4.78 is 16.1. The first-order valence-corrected chi connectivity index (χ1v) is 6.35. The topological polar surface area (TPSA) is 53.7 Å². The molecule has 4 nitrogen and oxygen atoms in total. The summed E-state index contributed by atoms with van der Waals surface area (Å²) in [6.07, 6.45) is -0.0781. The van der Waals surface area contributed by atoms with Gasteiger partial charge < -0.3 is 19.9 Å². The average Bonchev–Trinajstić information content (AvgIpc) is 2.36. The Balaban J connectivity index is 3.08. The van der Waals surface area contributed by atoms with Crippen LogP contribution in [0.2, 0.25) is 0 Å². The van der Waals surface area contributed by atoms with Crippen LogP contribution in [0.25, 0.3) is 0 Å². The molecule has 108 valence electrons. The summed E-state index contributed by atoms with van der Waals surface area (Å²) in [7, 11) is 4.92. The van der Waals surface area contributed by atoms with Crippen LogP contribution >= 0.6 is 0 Å². The van der Waals surface area contributed by atoms with Crippen LogP contribution < -0.4 is 15.2 Å². The molecule has 0 amide bonds. The number of hydrogen-bond acceptors (Lipinski definition) is 4. The molecule has 0 fully saturated rings. The molecule has 0 saturated carbocycles. The van der Waals surface area contributed by atoms with Gasteiger partial charge in [-0.2, -0.15) is 0 Å². The summed E-state index contributed by atoms with van der Waals surface area (Å²) in [4.78, 5) is 0. The highest BCUT2D eigenvalue weighted by atomic mass is 16.5. The number of ether oxygens (including phenoxy) is 3. The molecule has 0 aromatic heterocycles. The van der Waals surface area contributed by atoms with E-state index in [2.05, 4.69) is 20.8 Å². The van der Waals surface area contributed by atoms with E-state index >= 15 is 0 Å². The third-order valence-corrected chi connectivity index (χ3v) is 3.23. The maximum absolute atomic E-state index is 6.33. The van der Waals surface area contributed by atoms with Crippen molar-refractivity contribution < 1.29 is 14.2 Å². The lowest BCUT2D eigenvalue weighted by Crippen LogP contribution is -2.38. The molecule has 0 radical (unpaired) electrons. The van der Waals surface area contributed by atoms with E-state index in [1.807, 2.05) is 18.2 Å². The van der Waals surface area contributed by atoms with E-state index in [4.69, 9.17) is 19.9 Å². The predicted molar refractivity (Wildman–Crippen MR) is 76.7 cm³/mol. The highest BCUT2D eigenvalue weighted by molar-refractivity contribution is 5.44. The molecule has 2 unspecified atom stereocenters. The van der Waals surface area contributed by atoms with Crippen LogP contribution in [-0.2, 0) is 4.74 Å². The third-order valence-electron chi connectivity index (χ3n) is 3.23. The predicted octanol–water partition coefficient (Wildman–Crippen LogP) is 2.76. The molecule has 0 aliphatic rings. The highest BCUT2D eigenvalue weighted by Gasteiger charge is 2.31. The van der Waals surface area contributed by atoms with Crippen LogP contribution in [0.1, 0.15) is 32.4 Å². The molecule has 0 saturated heterocycles. The summed E-state index contributed by atoms with van der Waals surface area (Å²) in [5.74, 6) is 1.38. The lowest BCUT2D eigenvalue weighted by Gasteiger charge is -2.34. The van der Waals surface area contributed by atoms with Gasteiger partial charge in [0.25, 0.3) is 0 Å². The van der Waals surface area contributed by atoms with Crippen LogP contribution in [0.4, 0.5) is 0 Å². The number of methoxy groups -OCH3 is 3. The Kier molecular flexibility index (Phi) is 5.20. The van der Waals surface area contributed by atoms with E-state index in [0.29, 0.717) is 11.5 Å². The van der Waals surface area contributed by atoms with Crippen molar-refractivity contribution in [3.05, 3.63) is 23.8 Å². The number of rotatable bonds is 5. The molecule has 1 aromatic rings. The van der Waals surface area contributed by atoms with Crippen LogP contribution in [0.3, 0.4) is 0 Å². The fourth-order valence-electron chi connectivity index (χ4n) is 2.27. The molecule has 4 heteroatoms. The summed E-state index contributed by atoms with van der Waals surface area (Å²) in [5.41, 5.74) is 7.26. The van der Waals surface area contributed by atoms with Gasteiger partial charge in [-0.1, -0.05) is 26.8 Å². The highest BCUT2D eigenvalue weighted by Crippen LogP contribution is 2.35. The van der Waals surface area contributed by atoms with Crippen molar-refractivity contribution in [2.75, 3.05) is 21.3 Å². The standard InChI is InChI=1S/C15H25NO3/c1-15(2,3)14(19-6)13(16)10-7-8-11(17-4)12(9-10)18-5/h7-9,13-14H,16H2,1-6H3. The Morgan fingerprint density at radius 2 is 1.58 bits per heavy atom. The minimum atomic E-state index is -0.218. The van der Waals surface area contributed by atoms with Crippen molar-refractivity contribution in [2.45, 2.75) is 32.9 Å². The van der Waals surface area contributed by atoms with Crippen LogP contribution in [0.15, 0.2) is 18.2 Å². The van der Waals surface area contributed by atoms with E-state index < -0.39 is 0 Å². The minimum absolute atomic E-state index is 0.0403. The van der Waals surface area contributed by atoms with Crippen LogP contribution in [0, 0.1) is 5.41 Å². The second kappa shape index (κ2) is 6.26. The van der Waals surface area contributed by atoms with Gasteiger partial charge in [0.05, 0.1) is 26.4 Å². The van der Waals surface area contributed by atoms with Gasteiger partial charge in [0.2, 0.25) is 0 Å². The molecule has 1 aromatic carbocycles. The molecule has 0 aliphatic carbocycles. The zero-order chi connectivity index (χ0) is 14.6. The van der Waals surface area contributed by atoms with Crippen molar-refractivity contribution in [3.63, 3.8) is 0 Å². The lowest BCUT2D eigenvalue weighted by atomic mass is 9.82. The third kappa shape index (κ3) is 3.61. The Morgan fingerprint density at radius 3 is 2.00 bits per heavy atom. The Morgan fingerprint density at radius 1 is 1.00 bits per heavy atom. The molecule has 1 rings (SSSR count). The summed E-state index contributed by atoms with van der Waals surface area (Å²) >= 11 is 0. The minimum Gasteiger partial charge on any atom is -0.493 e. The van der Waals surface area contributed by atoms with Gasteiger partial charge in [-0.3, -0.25) is 0 Å². The van der Waals surface area contributed by atoms with Crippen LogP contribution in [0.5, 0.6) is 11.5 Å². The molecule has 0 bridgehead atoms. The van der Waals surface area contributed by atoms with Gasteiger partial charge >= 0.3 is 0 Å². The van der Waals surface area contributed by atoms with E-state index in [-0.39, 0.29) is 17.6 Å². The molecule has 2 atom stereocenters. The maximum atomic E-state index is 6.33. The number of hydrogen-bond donors (Lipinski definition) is 1. The van der Waals surface area contributed by atoms with Gasteiger partial charge in [0, 0.05) is 7.11 Å². The zero-order valence-corrected chi connectivity index (χ0v) is 12.7. The SMILES string of the molecule is COc1ccc(C(N)C(OC)C(C)(C)C)cc1OC. The van der Waals surface area contributed by atoms with Gasteiger partial charge in [0.1, 0.15) is 0 Å². The average molecular weight is 267 g/mol. The molecule has 0 spiro atoms. The van der Waals surface area contributed by atoms with Gasteiger partial charge in [-0.15, -0.1) is 0 Å². The largest absolute Gasteiger partial charge is 0.493 e. The second-order valence-electron chi connectivity index (χ2n) is 5.66. The van der Waals surface area contributed by atoms with Crippen molar-refractivity contribution in [1.82, 2.24) is 0 Å². The van der Waals surface area contributed by atoms with E-state index in [9.17, 15) is 0 Å². The fraction of sp³-hybridized carbons (Fsp3) is 0.600. The van der Waals surface area contributed by atoms with E-state index in [1.54, 1.807) is 21.3 Å². The summed E-state index contributed by atoms with van der Waals surface area (Å²) in [6, 6.07) is 5.50. The monoisotopic (exact) mass is 267 g/mol. The summed E-state index contributed by atoms with van der Waals surface area (Å²) in [5, 5.41) is 0. The van der Waals surface area contributed by atoms with Gasteiger partial charge in [-0.25, -0.2) is 0 Å². The molecule has 2 N–H and O–H groups in total. The summed E-state index contributed by atoms with van der Waals surface area (Å²) in [6.45, 7) is 6.34. The molecule has 19 heavy (non-hydrogen) atoms. The lowest BCUT2D eigenvalue weighted by molar-refractivity contribution is -0.00247. The first-order chi connectivity index (χ1) is 8.85. The Bertz CT molecular complexity index is 412. The van der Waals surface area contributed by atoms with Crippen molar-refractivity contribution >= 4 is 0 Å². The molecule has 0 aliphatic heterocycles. The smallest absolute Gasteiger partial charge is 0.161 e.